The second-order valence-electron chi connectivity index (χ2n) is 5.89. The molecule has 6 nitrogen and oxygen atoms in total. The maximum atomic E-state index is 14.0. The number of nitro groups is 1. The van der Waals surface area contributed by atoms with Crippen LogP contribution in [0.15, 0.2) is 42.5 Å². The van der Waals surface area contributed by atoms with E-state index in [0.717, 1.165) is 0 Å². The molecule has 0 spiro atoms. The first-order chi connectivity index (χ1) is 12.0. The van der Waals surface area contributed by atoms with Crippen LogP contribution in [0, 0.1) is 22.9 Å². The highest BCUT2D eigenvalue weighted by Gasteiger charge is 2.29. The SMILES string of the molecule is Cc1ccc([N+](=O)[O-])cc1C(=O)N1CCO[C@H](c2ccccc2F)C1. The van der Waals surface area contributed by atoms with E-state index in [9.17, 15) is 19.3 Å². The van der Waals surface area contributed by atoms with Gasteiger partial charge < -0.3 is 9.64 Å². The van der Waals surface area contributed by atoms with Crippen LogP contribution < -0.4 is 0 Å². The first-order valence-electron chi connectivity index (χ1n) is 7.87. The highest BCUT2D eigenvalue weighted by Crippen LogP contribution is 2.26. The second kappa shape index (κ2) is 6.98. The first kappa shape index (κ1) is 17.0. The Morgan fingerprint density at radius 3 is 2.80 bits per heavy atom. The topological polar surface area (TPSA) is 72.7 Å². The number of morpholine rings is 1. The van der Waals surface area contributed by atoms with E-state index in [1.807, 2.05) is 0 Å². The Kier molecular flexibility index (Phi) is 4.76. The van der Waals surface area contributed by atoms with Crippen LogP contribution in [0.4, 0.5) is 10.1 Å². The molecule has 0 saturated carbocycles. The first-order valence-corrected chi connectivity index (χ1v) is 7.87. The third-order valence-corrected chi connectivity index (χ3v) is 4.27. The molecule has 1 heterocycles. The number of nitro benzene ring substituents is 1. The Hall–Kier alpha value is -2.80. The van der Waals surface area contributed by atoms with E-state index < -0.39 is 11.0 Å². The number of benzene rings is 2. The van der Waals surface area contributed by atoms with Gasteiger partial charge in [0.2, 0.25) is 0 Å². The third-order valence-electron chi connectivity index (χ3n) is 4.27. The number of non-ortho nitro benzene ring substituents is 1. The molecule has 1 aliphatic rings. The summed E-state index contributed by atoms with van der Waals surface area (Å²) in [6.45, 7) is 2.55. The molecule has 0 bridgehead atoms. The van der Waals surface area contributed by atoms with Crippen LogP contribution in [0.5, 0.6) is 0 Å². The number of aryl methyl sites for hydroxylation is 1. The van der Waals surface area contributed by atoms with Gasteiger partial charge >= 0.3 is 0 Å². The van der Waals surface area contributed by atoms with Crippen molar-refractivity contribution in [3.63, 3.8) is 0 Å². The summed E-state index contributed by atoms with van der Waals surface area (Å²) in [7, 11) is 0. The second-order valence-corrected chi connectivity index (χ2v) is 5.89. The predicted octanol–water partition coefficient (Wildman–Crippen LogP) is 3.26. The Morgan fingerprint density at radius 2 is 2.08 bits per heavy atom. The van der Waals surface area contributed by atoms with Crippen molar-refractivity contribution in [2.75, 3.05) is 19.7 Å². The standard InChI is InChI=1S/C18H17FN2O4/c1-12-6-7-13(21(23)24)10-15(12)18(22)20-8-9-25-17(11-20)14-4-2-3-5-16(14)19/h2-7,10,17H,8-9,11H2,1H3/t17-/m0/s1. The fourth-order valence-electron chi connectivity index (χ4n) is 2.88. The van der Waals surface area contributed by atoms with E-state index in [1.54, 1.807) is 36.1 Å². The zero-order chi connectivity index (χ0) is 18.0. The van der Waals surface area contributed by atoms with Crippen molar-refractivity contribution in [2.24, 2.45) is 0 Å². The van der Waals surface area contributed by atoms with E-state index in [1.165, 1.54) is 18.2 Å². The number of halogens is 1. The largest absolute Gasteiger partial charge is 0.370 e. The summed E-state index contributed by atoms with van der Waals surface area (Å²) in [4.78, 5) is 24.8. The smallest absolute Gasteiger partial charge is 0.270 e. The molecule has 0 unspecified atom stereocenters. The number of carbonyl (C=O) groups excluding carboxylic acids is 1. The van der Waals surface area contributed by atoms with Gasteiger partial charge in [-0.05, 0) is 18.6 Å². The van der Waals surface area contributed by atoms with Gasteiger partial charge in [0.05, 0.1) is 18.1 Å². The lowest BCUT2D eigenvalue weighted by Crippen LogP contribution is -2.42. The Morgan fingerprint density at radius 1 is 1.32 bits per heavy atom. The molecule has 1 atom stereocenters. The van der Waals surface area contributed by atoms with E-state index in [0.29, 0.717) is 17.7 Å². The fourth-order valence-corrected chi connectivity index (χ4v) is 2.88. The molecule has 2 aromatic carbocycles. The maximum absolute atomic E-state index is 14.0. The lowest BCUT2D eigenvalue weighted by molar-refractivity contribution is -0.384. The van der Waals surface area contributed by atoms with Gasteiger partial charge in [0.25, 0.3) is 11.6 Å². The summed E-state index contributed by atoms with van der Waals surface area (Å²) >= 11 is 0. The third kappa shape index (κ3) is 3.51. The van der Waals surface area contributed by atoms with Crippen LogP contribution in [0.25, 0.3) is 0 Å². The number of hydrogen-bond acceptors (Lipinski definition) is 4. The molecule has 1 fully saturated rings. The molecule has 2 aromatic rings. The number of ether oxygens (including phenoxy) is 1. The summed E-state index contributed by atoms with van der Waals surface area (Å²) in [6.07, 6.45) is -0.557. The molecular formula is C18H17FN2O4. The van der Waals surface area contributed by atoms with E-state index in [2.05, 4.69) is 0 Å². The molecule has 1 aliphatic heterocycles. The van der Waals surface area contributed by atoms with Crippen molar-refractivity contribution in [2.45, 2.75) is 13.0 Å². The van der Waals surface area contributed by atoms with Crippen LogP contribution >= 0.6 is 0 Å². The molecule has 0 aliphatic carbocycles. The Labute approximate surface area is 144 Å². The van der Waals surface area contributed by atoms with E-state index >= 15 is 0 Å². The molecule has 3 rings (SSSR count). The molecular weight excluding hydrogens is 327 g/mol. The maximum Gasteiger partial charge on any atom is 0.270 e. The number of nitrogens with zero attached hydrogens (tertiary/aromatic N) is 2. The van der Waals surface area contributed by atoms with Gasteiger partial charge in [0, 0.05) is 29.8 Å². The van der Waals surface area contributed by atoms with Crippen molar-refractivity contribution in [3.8, 4) is 0 Å². The molecule has 0 N–H and O–H groups in total. The summed E-state index contributed by atoms with van der Waals surface area (Å²) < 4.78 is 19.6. The quantitative estimate of drug-likeness (QED) is 0.633. The average molecular weight is 344 g/mol. The van der Waals surface area contributed by atoms with Gasteiger partial charge in [-0.1, -0.05) is 24.3 Å². The zero-order valence-corrected chi connectivity index (χ0v) is 13.6. The van der Waals surface area contributed by atoms with Crippen LogP contribution in [0.1, 0.15) is 27.6 Å². The highest BCUT2D eigenvalue weighted by molar-refractivity contribution is 5.96. The number of hydrogen-bond donors (Lipinski definition) is 0. The van der Waals surface area contributed by atoms with Crippen molar-refractivity contribution in [1.82, 2.24) is 4.90 Å². The van der Waals surface area contributed by atoms with Crippen molar-refractivity contribution in [3.05, 3.63) is 75.1 Å². The minimum atomic E-state index is -0.557. The zero-order valence-electron chi connectivity index (χ0n) is 13.6. The molecule has 7 heteroatoms. The highest BCUT2D eigenvalue weighted by atomic mass is 19.1. The van der Waals surface area contributed by atoms with E-state index in [4.69, 9.17) is 4.74 Å². The van der Waals surface area contributed by atoms with Gasteiger partial charge in [-0.3, -0.25) is 14.9 Å². The summed E-state index contributed by atoms with van der Waals surface area (Å²) in [6, 6.07) is 10.5. The monoisotopic (exact) mass is 344 g/mol. The summed E-state index contributed by atoms with van der Waals surface area (Å²) in [5.41, 5.74) is 1.21. The lowest BCUT2D eigenvalue weighted by Gasteiger charge is -2.33. The number of rotatable bonds is 3. The van der Waals surface area contributed by atoms with Crippen LogP contribution in [0.3, 0.4) is 0 Å². The van der Waals surface area contributed by atoms with Crippen molar-refractivity contribution < 1.29 is 18.8 Å². The van der Waals surface area contributed by atoms with Gasteiger partial charge in [-0.2, -0.15) is 0 Å². The Bertz CT molecular complexity index is 824. The van der Waals surface area contributed by atoms with Crippen LogP contribution in [-0.2, 0) is 4.74 Å². The van der Waals surface area contributed by atoms with Gasteiger partial charge in [-0.25, -0.2) is 4.39 Å². The van der Waals surface area contributed by atoms with Crippen LogP contribution in [0.2, 0.25) is 0 Å². The predicted molar refractivity (Wildman–Crippen MR) is 88.8 cm³/mol. The van der Waals surface area contributed by atoms with Crippen molar-refractivity contribution in [1.29, 1.82) is 0 Å². The van der Waals surface area contributed by atoms with Crippen molar-refractivity contribution >= 4 is 11.6 Å². The minimum absolute atomic E-state index is 0.132. The van der Waals surface area contributed by atoms with Crippen LogP contribution in [-0.4, -0.2) is 35.4 Å². The minimum Gasteiger partial charge on any atom is -0.370 e. The summed E-state index contributed by atoms with van der Waals surface area (Å²) in [5.74, 6) is -0.695. The lowest BCUT2D eigenvalue weighted by atomic mass is 10.0. The van der Waals surface area contributed by atoms with Gasteiger partial charge in [0.15, 0.2) is 0 Å². The number of amides is 1. The molecule has 0 aromatic heterocycles. The van der Waals surface area contributed by atoms with E-state index in [-0.39, 0.29) is 36.1 Å². The molecule has 1 saturated heterocycles. The molecule has 25 heavy (non-hydrogen) atoms. The number of carbonyl (C=O) groups is 1. The Balaban J connectivity index is 1.84. The summed E-state index contributed by atoms with van der Waals surface area (Å²) in [5, 5.41) is 11.0. The fraction of sp³-hybridized carbons (Fsp3) is 0.278. The van der Waals surface area contributed by atoms with Gasteiger partial charge in [0.1, 0.15) is 11.9 Å². The average Bonchev–Trinajstić information content (AvgIpc) is 2.62. The molecule has 1 amide bonds. The molecule has 130 valence electrons. The normalized spacial score (nSPS) is 17.4. The van der Waals surface area contributed by atoms with Gasteiger partial charge in [-0.15, -0.1) is 0 Å². The molecule has 0 radical (unpaired) electrons.